The zero-order valence-electron chi connectivity index (χ0n) is 7.43. The summed E-state index contributed by atoms with van der Waals surface area (Å²) < 4.78 is 5.02. The molecule has 0 unspecified atom stereocenters. The maximum atomic E-state index is 11.0. The van der Waals surface area contributed by atoms with Crippen molar-refractivity contribution in [2.24, 2.45) is 0 Å². The summed E-state index contributed by atoms with van der Waals surface area (Å²) >= 11 is 0. The fraction of sp³-hybridized carbons (Fsp3) is 0. The molecule has 0 spiro atoms. The molecule has 0 amide bonds. The van der Waals surface area contributed by atoms with Gasteiger partial charge in [-0.2, -0.15) is 4.98 Å². The lowest BCUT2D eigenvalue weighted by Gasteiger charge is -1.97. The second-order valence-corrected chi connectivity index (χ2v) is 2.77. The Labute approximate surface area is 83.2 Å². The number of aromatic carboxylic acids is 1. The molecule has 2 aromatic rings. The Morgan fingerprint density at radius 2 is 2.33 bits per heavy atom. The summed E-state index contributed by atoms with van der Waals surface area (Å²) in [6, 6.07) is 4.48. The van der Waals surface area contributed by atoms with Gasteiger partial charge in [0.25, 0.3) is 0 Å². The molecule has 0 aliphatic heterocycles. The van der Waals surface area contributed by atoms with Gasteiger partial charge in [-0.15, -0.1) is 0 Å². The number of nitrogens with one attached hydrogen (secondary N) is 1. The predicted molar refractivity (Wildman–Crippen MR) is 49.5 cm³/mol. The average molecular weight is 206 g/mol. The van der Waals surface area contributed by atoms with E-state index in [4.69, 9.17) is 9.52 Å². The zero-order chi connectivity index (χ0) is 10.8. The van der Waals surface area contributed by atoms with Crippen LogP contribution in [0.2, 0.25) is 0 Å². The SMILES string of the molecule is O=C(O)c1cc(-c2ccco2)[nH]c(=O)n1. The lowest BCUT2D eigenvalue weighted by molar-refractivity contribution is 0.0690. The zero-order valence-corrected chi connectivity index (χ0v) is 7.43. The molecule has 2 aromatic heterocycles. The molecule has 0 aromatic carbocycles. The first-order chi connectivity index (χ1) is 7.16. The third kappa shape index (κ3) is 1.78. The van der Waals surface area contributed by atoms with Gasteiger partial charge in [-0.3, -0.25) is 0 Å². The Balaban J connectivity index is 2.59. The van der Waals surface area contributed by atoms with E-state index < -0.39 is 11.7 Å². The molecule has 6 nitrogen and oxygen atoms in total. The first-order valence-electron chi connectivity index (χ1n) is 4.05. The molecule has 0 atom stereocenters. The van der Waals surface area contributed by atoms with E-state index in [9.17, 15) is 9.59 Å². The van der Waals surface area contributed by atoms with Crippen LogP contribution < -0.4 is 5.69 Å². The Kier molecular flexibility index (Phi) is 2.09. The van der Waals surface area contributed by atoms with E-state index in [0.29, 0.717) is 5.76 Å². The van der Waals surface area contributed by atoms with Gasteiger partial charge in [0.15, 0.2) is 5.69 Å². The van der Waals surface area contributed by atoms with Crippen molar-refractivity contribution in [2.45, 2.75) is 0 Å². The average Bonchev–Trinajstić information content (AvgIpc) is 2.69. The van der Waals surface area contributed by atoms with Crippen LogP contribution in [0.4, 0.5) is 0 Å². The van der Waals surface area contributed by atoms with Crippen LogP contribution >= 0.6 is 0 Å². The van der Waals surface area contributed by atoms with Crippen molar-refractivity contribution in [1.82, 2.24) is 9.97 Å². The number of hydrogen-bond donors (Lipinski definition) is 2. The van der Waals surface area contributed by atoms with Gasteiger partial charge >= 0.3 is 11.7 Å². The standard InChI is InChI=1S/C9H6N2O4/c12-8(13)6-4-5(10-9(14)11-6)7-2-1-3-15-7/h1-4H,(H,12,13)(H,10,11,14). The molecule has 0 aliphatic carbocycles. The van der Waals surface area contributed by atoms with Gasteiger partial charge in [0.05, 0.1) is 12.0 Å². The monoisotopic (exact) mass is 206 g/mol. The second-order valence-electron chi connectivity index (χ2n) is 2.77. The van der Waals surface area contributed by atoms with Crippen molar-refractivity contribution in [3.8, 4) is 11.5 Å². The molecule has 0 bridgehead atoms. The van der Waals surface area contributed by atoms with Gasteiger partial charge in [-0.05, 0) is 18.2 Å². The Morgan fingerprint density at radius 3 is 2.93 bits per heavy atom. The number of aromatic amines is 1. The molecule has 15 heavy (non-hydrogen) atoms. The van der Waals surface area contributed by atoms with Crippen molar-refractivity contribution in [3.63, 3.8) is 0 Å². The summed E-state index contributed by atoms with van der Waals surface area (Å²) in [6.45, 7) is 0. The quantitative estimate of drug-likeness (QED) is 0.754. The minimum Gasteiger partial charge on any atom is -0.477 e. The van der Waals surface area contributed by atoms with Crippen molar-refractivity contribution in [1.29, 1.82) is 0 Å². The molecule has 76 valence electrons. The highest BCUT2D eigenvalue weighted by molar-refractivity contribution is 5.86. The number of carboxylic acid groups (broad SMARTS) is 1. The van der Waals surface area contributed by atoms with Crippen molar-refractivity contribution in [3.05, 3.63) is 40.6 Å². The first kappa shape index (κ1) is 9.20. The van der Waals surface area contributed by atoms with E-state index in [0.717, 1.165) is 0 Å². The van der Waals surface area contributed by atoms with Gasteiger partial charge in [-0.1, -0.05) is 0 Å². The Hall–Kier alpha value is -2.37. The number of H-pyrrole nitrogens is 1. The van der Waals surface area contributed by atoms with Crippen molar-refractivity contribution < 1.29 is 14.3 Å². The molecule has 2 heterocycles. The summed E-state index contributed by atoms with van der Waals surface area (Å²) in [5.74, 6) is -0.870. The molecule has 0 aliphatic rings. The Bertz CT molecular complexity index is 541. The normalized spacial score (nSPS) is 10.1. The maximum absolute atomic E-state index is 11.0. The van der Waals surface area contributed by atoms with Gasteiger partial charge in [-0.25, -0.2) is 9.59 Å². The molecular formula is C9H6N2O4. The number of furan rings is 1. The smallest absolute Gasteiger partial charge is 0.354 e. The van der Waals surface area contributed by atoms with Crippen molar-refractivity contribution in [2.75, 3.05) is 0 Å². The van der Waals surface area contributed by atoms with Crippen LogP contribution in [0.25, 0.3) is 11.5 Å². The predicted octanol–water partition coefficient (Wildman–Crippen LogP) is 0.728. The summed E-state index contributed by atoms with van der Waals surface area (Å²) in [5.41, 5.74) is -0.746. The molecule has 0 saturated carbocycles. The summed E-state index contributed by atoms with van der Waals surface area (Å²) in [4.78, 5) is 27.3. The molecule has 0 saturated heterocycles. The van der Waals surface area contributed by atoms with E-state index in [2.05, 4.69) is 9.97 Å². The number of carbonyl (C=O) groups is 1. The summed E-state index contributed by atoms with van der Waals surface area (Å²) in [6.07, 6.45) is 1.43. The van der Waals surface area contributed by atoms with Gasteiger partial charge in [0.2, 0.25) is 0 Å². The molecule has 0 fully saturated rings. The topological polar surface area (TPSA) is 96.2 Å². The van der Waals surface area contributed by atoms with E-state index in [1.54, 1.807) is 12.1 Å². The van der Waals surface area contributed by atoms with Crippen LogP contribution in [0.3, 0.4) is 0 Å². The lowest BCUT2D eigenvalue weighted by atomic mass is 10.3. The fourth-order valence-corrected chi connectivity index (χ4v) is 1.13. The number of rotatable bonds is 2. The molecule has 6 heteroatoms. The number of nitrogens with zero attached hydrogens (tertiary/aromatic N) is 1. The van der Waals surface area contributed by atoms with Crippen LogP contribution in [-0.4, -0.2) is 21.0 Å². The van der Waals surface area contributed by atoms with E-state index >= 15 is 0 Å². The van der Waals surface area contributed by atoms with Crippen LogP contribution in [0, 0.1) is 0 Å². The van der Waals surface area contributed by atoms with Gasteiger partial charge in [0.1, 0.15) is 5.76 Å². The van der Waals surface area contributed by atoms with Crippen LogP contribution in [-0.2, 0) is 0 Å². The number of hydrogen-bond acceptors (Lipinski definition) is 4. The molecule has 2 rings (SSSR count). The highest BCUT2D eigenvalue weighted by Crippen LogP contribution is 2.15. The Morgan fingerprint density at radius 1 is 1.53 bits per heavy atom. The highest BCUT2D eigenvalue weighted by atomic mass is 16.4. The second kappa shape index (κ2) is 3.41. The number of aromatic nitrogens is 2. The van der Waals surface area contributed by atoms with Crippen LogP contribution in [0.15, 0.2) is 33.7 Å². The van der Waals surface area contributed by atoms with Crippen LogP contribution in [0.5, 0.6) is 0 Å². The number of carboxylic acids is 1. The van der Waals surface area contributed by atoms with E-state index in [1.165, 1.54) is 12.3 Å². The van der Waals surface area contributed by atoms with Gasteiger partial charge < -0.3 is 14.5 Å². The molecular weight excluding hydrogens is 200 g/mol. The minimum absolute atomic E-state index is 0.289. The third-order valence-corrected chi connectivity index (χ3v) is 1.75. The summed E-state index contributed by atoms with van der Waals surface area (Å²) in [5, 5.41) is 8.69. The van der Waals surface area contributed by atoms with Crippen LogP contribution in [0.1, 0.15) is 10.5 Å². The van der Waals surface area contributed by atoms with Crippen molar-refractivity contribution >= 4 is 5.97 Å². The highest BCUT2D eigenvalue weighted by Gasteiger charge is 2.10. The lowest BCUT2D eigenvalue weighted by Crippen LogP contribution is -2.16. The molecule has 2 N–H and O–H groups in total. The van der Waals surface area contributed by atoms with Gasteiger partial charge in [0, 0.05) is 0 Å². The molecule has 0 radical (unpaired) electrons. The first-order valence-corrected chi connectivity index (χ1v) is 4.05. The fourth-order valence-electron chi connectivity index (χ4n) is 1.13. The largest absolute Gasteiger partial charge is 0.477 e. The third-order valence-electron chi connectivity index (χ3n) is 1.75. The summed E-state index contributed by atoms with van der Waals surface area (Å²) in [7, 11) is 0. The minimum atomic E-state index is -1.26. The van der Waals surface area contributed by atoms with E-state index in [-0.39, 0.29) is 11.4 Å². The van der Waals surface area contributed by atoms with E-state index in [1.807, 2.05) is 0 Å². The maximum Gasteiger partial charge on any atom is 0.354 e.